The molecule has 0 aliphatic carbocycles. The molecule has 0 saturated heterocycles. The highest BCUT2D eigenvalue weighted by molar-refractivity contribution is 6.35. The number of hydrogen-bond acceptors (Lipinski definition) is 4. The predicted octanol–water partition coefficient (Wildman–Crippen LogP) is 4.41. The third kappa shape index (κ3) is 5.34. The first-order chi connectivity index (χ1) is 11.9. The maximum absolute atomic E-state index is 12.1. The maximum atomic E-state index is 12.1. The molecule has 25 heavy (non-hydrogen) atoms. The van der Waals surface area contributed by atoms with Crippen molar-refractivity contribution in [1.82, 2.24) is 5.32 Å². The summed E-state index contributed by atoms with van der Waals surface area (Å²) in [6.07, 6.45) is 0.580. The largest absolute Gasteiger partial charge is 0.492 e. The molecule has 0 unspecified atom stereocenters. The molecule has 0 saturated carbocycles. The summed E-state index contributed by atoms with van der Waals surface area (Å²) >= 11 is 11.8. The van der Waals surface area contributed by atoms with Crippen molar-refractivity contribution < 1.29 is 14.5 Å². The van der Waals surface area contributed by atoms with Crippen molar-refractivity contribution in [3.63, 3.8) is 0 Å². The van der Waals surface area contributed by atoms with Crippen molar-refractivity contribution in [3.05, 3.63) is 67.7 Å². The first-order valence-corrected chi connectivity index (χ1v) is 8.25. The lowest BCUT2D eigenvalue weighted by Gasteiger charge is -2.10. The summed E-state index contributed by atoms with van der Waals surface area (Å²) in [7, 11) is 0. The smallest absolute Gasteiger partial charge is 0.269 e. The predicted molar refractivity (Wildman–Crippen MR) is 96.7 cm³/mol. The van der Waals surface area contributed by atoms with E-state index in [9.17, 15) is 14.9 Å². The number of nitro benzene ring substituents is 1. The molecule has 0 aromatic heterocycles. The first kappa shape index (κ1) is 19.0. The lowest BCUT2D eigenvalue weighted by molar-refractivity contribution is -0.384. The number of nitro groups is 1. The van der Waals surface area contributed by atoms with Crippen LogP contribution in [0, 0.1) is 17.0 Å². The third-order valence-corrected chi connectivity index (χ3v) is 3.95. The number of rotatable bonds is 7. The van der Waals surface area contributed by atoms with Crippen molar-refractivity contribution in [1.29, 1.82) is 0 Å². The van der Waals surface area contributed by atoms with Gasteiger partial charge in [-0.25, -0.2) is 0 Å². The molecule has 1 amide bonds. The Hall–Kier alpha value is -2.31. The zero-order chi connectivity index (χ0) is 18.4. The summed E-state index contributed by atoms with van der Waals surface area (Å²) < 4.78 is 5.53. The van der Waals surface area contributed by atoms with Crippen LogP contribution in [0.2, 0.25) is 10.0 Å². The number of aryl methyl sites for hydroxylation is 1. The fourth-order valence-electron chi connectivity index (χ4n) is 2.16. The van der Waals surface area contributed by atoms with Crippen molar-refractivity contribution in [2.24, 2.45) is 0 Å². The van der Waals surface area contributed by atoms with Crippen LogP contribution in [0.15, 0.2) is 36.4 Å². The molecule has 0 bridgehead atoms. The van der Waals surface area contributed by atoms with E-state index in [1.165, 1.54) is 18.2 Å². The van der Waals surface area contributed by atoms with Gasteiger partial charge in [-0.05, 0) is 43.2 Å². The minimum atomic E-state index is -0.492. The van der Waals surface area contributed by atoms with Gasteiger partial charge in [0.05, 0.1) is 16.6 Å². The van der Waals surface area contributed by atoms with E-state index in [2.05, 4.69) is 5.32 Å². The molecule has 0 heterocycles. The Bertz CT molecular complexity index is 796. The van der Waals surface area contributed by atoms with Gasteiger partial charge in [-0.1, -0.05) is 23.2 Å². The molecule has 2 aromatic carbocycles. The quantitative estimate of drug-likeness (QED) is 0.436. The van der Waals surface area contributed by atoms with E-state index in [-0.39, 0.29) is 11.6 Å². The number of carbonyl (C=O) groups is 1. The van der Waals surface area contributed by atoms with Gasteiger partial charge in [0, 0.05) is 29.3 Å². The summed E-state index contributed by atoms with van der Waals surface area (Å²) in [6, 6.07) is 9.10. The zero-order valence-electron chi connectivity index (χ0n) is 13.4. The average molecular weight is 383 g/mol. The number of nitrogens with zero attached hydrogens (tertiary/aromatic N) is 1. The Labute approximate surface area is 154 Å². The van der Waals surface area contributed by atoms with E-state index in [4.69, 9.17) is 27.9 Å². The summed E-state index contributed by atoms with van der Waals surface area (Å²) in [4.78, 5) is 22.3. The molecule has 132 valence electrons. The van der Waals surface area contributed by atoms with Gasteiger partial charge in [-0.2, -0.15) is 0 Å². The molecular weight excluding hydrogens is 367 g/mol. The summed E-state index contributed by atoms with van der Waals surface area (Å²) in [5, 5.41) is 14.4. The minimum absolute atomic E-state index is 0.0395. The van der Waals surface area contributed by atoms with Gasteiger partial charge in [0.1, 0.15) is 5.75 Å². The molecule has 0 radical (unpaired) electrons. The summed E-state index contributed by atoms with van der Waals surface area (Å²) in [5.41, 5.74) is 0.922. The molecule has 8 heteroatoms. The molecular formula is C17H16Cl2N2O4. The molecule has 2 aromatic rings. The molecule has 0 aliphatic heterocycles. The van der Waals surface area contributed by atoms with Crippen LogP contribution in [-0.4, -0.2) is 24.0 Å². The van der Waals surface area contributed by atoms with Crippen molar-refractivity contribution in [2.45, 2.75) is 13.3 Å². The summed E-state index contributed by atoms with van der Waals surface area (Å²) in [6.45, 7) is 2.44. The first-order valence-electron chi connectivity index (χ1n) is 7.49. The van der Waals surface area contributed by atoms with E-state index in [1.54, 1.807) is 25.1 Å². The van der Waals surface area contributed by atoms with Crippen molar-refractivity contribution >= 4 is 34.8 Å². The van der Waals surface area contributed by atoms with Crippen LogP contribution < -0.4 is 10.1 Å². The lowest BCUT2D eigenvalue weighted by atomic mass is 10.1. The average Bonchev–Trinajstić information content (AvgIpc) is 2.55. The molecule has 0 fully saturated rings. The van der Waals surface area contributed by atoms with Gasteiger partial charge in [-0.3, -0.25) is 14.9 Å². The molecule has 0 atom stereocenters. The second-order valence-electron chi connectivity index (χ2n) is 5.29. The fourth-order valence-corrected chi connectivity index (χ4v) is 2.62. The molecule has 6 nitrogen and oxygen atoms in total. The van der Waals surface area contributed by atoms with Crippen LogP contribution in [0.25, 0.3) is 0 Å². The number of halogens is 2. The number of amides is 1. The Morgan fingerprint density at radius 2 is 2.00 bits per heavy atom. The number of non-ortho nitro benzene ring substituents is 1. The van der Waals surface area contributed by atoms with Crippen molar-refractivity contribution in [3.8, 4) is 5.75 Å². The van der Waals surface area contributed by atoms with Gasteiger partial charge >= 0.3 is 0 Å². The van der Waals surface area contributed by atoms with Crippen LogP contribution >= 0.6 is 23.2 Å². The Kier molecular flexibility index (Phi) is 6.61. The fraction of sp³-hybridized carbons (Fsp3) is 0.235. The number of carbonyl (C=O) groups excluding carboxylic acids is 1. The highest BCUT2D eigenvalue weighted by atomic mass is 35.5. The molecule has 1 N–H and O–H groups in total. The van der Waals surface area contributed by atoms with Gasteiger partial charge < -0.3 is 10.1 Å². The van der Waals surface area contributed by atoms with Crippen LogP contribution in [0.3, 0.4) is 0 Å². The van der Waals surface area contributed by atoms with Crippen LogP contribution in [0.5, 0.6) is 5.75 Å². The number of hydrogen-bond donors (Lipinski definition) is 1. The van der Waals surface area contributed by atoms with Crippen LogP contribution in [0.1, 0.15) is 22.3 Å². The summed E-state index contributed by atoms with van der Waals surface area (Å²) in [5.74, 6) is 0.250. The van der Waals surface area contributed by atoms with Crippen LogP contribution in [0.4, 0.5) is 5.69 Å². The molecule has 0 spiro atoms. The van der Waals surface area contributed by atoms with Gasteiger partial charge in [0.15, 0.2) is 0 Å². The lowest BCUT2D eigenvalue weighted by Crippen LogP contribution is -2.26. The third-order valence-electron chi connectivity index (χ3n) is 3.42. The van der Waals surface area contributed by atoms with Gasteiger partial charge in [0.2, 0.25) is 0 Å². The Balaban J connectivity index is 1.80. The molecule has 0 aliphatic rings. The number of nitrogens with one attached hydrogen (secondary N) is 1. The normalized spacial score (nSPS) is 10.4. The van der Waals surface area contributed by atoms with E-state index in [1.807, 2.05) is 0 Å². The van der Waals surface area contributed by atoms with E-state index in [0.717, 1.165) is 0 Å². The zero-order valence-corrected chi connectivity index (χ0v) is 14.9. The number of benzene rings is 2. The van der Waals surface area contributed by atoms with E-state index < -0.39 is 4.92 Å². The topological polar surface area (TPSA) is 81.5 Å². The standard InChI is InChI=1S/C17H16Cl2N2O4/c1-11-9-13(21(23)24)4-5-14(11)17(22)20-7-2-8-25-16-6-3-12(18)10-15(16)19/h3-6,9-10H,2,7-8H2,1H3,(H,20,22). The van der Waals surface area contributed by atoms with Crippen molar-refractivity contribution in [2.75, 3.05) is 13.2 Å². The monoisotopic (exact) mass is 382 g/mol. The Morgan fingerprint density at radius 3 is 2.64 bits per heavy atom. The van der Waals surface area contributed by atoms with Gasteiger partial charge in [-0.15, -0.1) is 0 Å². The second-order valence-corrected chi connectivity index (χ2v) is 6.13. The van der Waals surface area contributed by atoms with Gasteiger partial charge in [0.25, 0.3) is 11.6 Å². The van der Waals surface area contributed by atoms with Crippen LogP contribution in [-0.2, 0) is 0 Å². The highest BCUT2D eigenvalue weighted by Crippen LogP contribution is 2.27. The SMILES string of the molecule is Cc1cc([N+](=O)[O-])ccc1C(=O)NCCCOc1ccc(Cl)cc1Cl. The molecule has 2 rings (SSSR count). The highest BCUT2D eigenvalue weighted by Gasteiger charge is 2.13. The van der Waals surface area contributed by atoms with E-state index in [0.29, 0.717) is 46.5 Å². The number of ether oxygens (including phenoxy) is 1. The minimum Gasteiger partial charge on any atom is -0.492 e. The maximum Gasteiger partial charge on any atom is 0.269 e. The Morgan fingerprint density at radius 1 is 1.24 bits per heavy atom. The van der Waals surface area contributed by atoms with E-state index >= 15 is 0 Å². The second kappa shape index (κ2) is 8.69.